The fourth-order valence-corrected chi connectivity index (χ4v) is 4.52. The molecule has 0 saturated carbocycles. The van der Waals surface area contributed by atoms with E-state index in [2.05, 4.69) is 10.3 Å². The summed E-state index contributed by atoms with van der Waals surface area (Å²) >= 11 is 2.93. The normalized spacial score (nSPS) is 12.0. The molecule has 4 nitrogen and oxygen atoms in total. The molecule has 3 rings (SSSR count). The van der Waals surface area contributed by atoms with E-state index >= 15 is 0 Å². The van der Waals surface area contributed by atoms with Gasteiger partial charge in [0.05, 0.1) is 26.5 Å². The molecule has 27 heavy (non-hydrogen) atoms. The predicted molar refractivity (Wildman–Crippen MR) is 103 cm³/mol. The van der Waals surface area contributed by atoms with Gasteiger partial charge in [-0.25, -0.2) is 4.98 Å². The molecule has 9 heteroatoms. The number of amides is 1. The van der Waals surface area contributed by atoms with Crippen molar-refractivity contribution in [2.75, 3.05) is 26.7 Å². The lowest BCUT2D eigenvalue weighted by Crippen LogP contribution is -2.33. The van der Waals surface area contributed by atoms with Crippen molar-refractivity contribution in [1.82, 2.24) is 15.2 Å². The molecule has 0 aliphatic rings. The van der Waals surface area contributed by atoms with Crippen molar-refractivity contribution in [2.24, 2.45) is 0 Å². The summed E-state index contributed by atoms with van der Waals surface area (Å²) in [6.07, 6.45) is -3.75. The number of halogens is 3. The van der Waals surface area contributed by atoms with Crippen LogP contribution in [0.4, 0.5) is 13.2 Å². The number of alkyl halides is 3. The number of fused-ring (bicyclic) bond motifs is 1. The van der Waals surface area contributed by atoms with Crippen LogP contribution in [0, 0.1) is 0 Å². The molecule has 0 aliphatic heterocycles. The molecule has 1 amide bonds. The zero-order chi connectivity index (χ0) is 19.4. The highest BCUT2D eigenvalue weighted by Crippen LogP contribution is 2.34. The standard InChI is InChI=1S/C18H18F3N3OS2/c1-24(11-18(19,20)21)10-4-9-22-16(25)14-7-8-15(26-14)17-23-12-5-2-3-6-13(12)27-17/h2-3,5-8H,4,9-11H2,1H3,(H,22,25). The maximum absolute atomic E-state index is 12.3. The quantitative estimate of drug-likeness (QED) is 0.574. The summed E-state index contributed by atoms with van der Waals surface area (Å²) in [5.41, 5.74) is 0.930. The molecule has 144 valence electrons. The number of thiophene rings is 1. The van der Waals surface area contributed by atoms with Gasteiger partial charge >= 0.3 is 6.18 Å². The van der Waals surface area contributed by atoms with Crippen LogP contribution in [0.5, 0.6) is 0 Å². The fourth-order valence-electron chi connectivity index (χ4n) is 2.58. The third-order valence-electron chi connectivity index (χ3n) is 3.79. The van der Waals surface area contributed by atoms with Crippen LogP contribution < -0.4 is 5.32 Å². The van der Waals surface area contributed by atoms with E-state index in [1.165, 1.54) is 23.3 Å². The zero-order valence-corrected chi connectivity index (χ0v) is 16.2. The van der Waals surface area contributed by atoms with E-state index in [1.54, 1.807) is 17.4 Å². The van der Waals surface area contributed by atoms with E-state index in [0.717, 1.165) is 20.1 Å². The average Bonchev–Trinajstić information content (AvgIpc) is 3.23. The molecular weight excluding hydrogens is 395 g/mol. The van der Waals surface area contributed by atoms with Gasteiger partial charge in [0.2, 0.25) is 0 Å². The summed E-state index contributed by atoms with van der Waals surface area (Å²) in [7, 11) is 1.42. The molecule has 0 fully saturated rings. The van der Waals surface area contributed by atoms with Crippen LogP contribution in [-0.4, -0.2) is 48.6 Å². The number of nitrogens with one attached hydrogen (secondary N) is 1. The summed E-state index contributed by atoms with van der Waals surface area (Å²) in [6.45, 7) is -0.353. The first-order valence-electron chi connectivity index (χ1n) is 8.31. The molecule has 0 atom stereocenters. The Hall–Kier alpha value is -1.97. The van der Waals surface area contributed by atoms with Crippen molar-refractivity contribution in [1.29, 1.82) is 0 Å². The maximum atomic E-state index is 12.3. The molecule has 2 aromatic heterocycles. The average molecular weight is 413 g/mol. The van der Waals surface area contributed by atoms with Gasteiger partial charge in [0.15, 0.2) is 0 Å². The van der Waals surface area contributed by atoms with Gasteiger partial charge < -0.3 is 5.32 Å². The lowest BCUT2D eigenvalue weighted by molar-refractivity contribution is -0.143. The lowest BCUT2D eigenvalue weighted by atomic mass is 10.3. The van der Waals surface area contributed by atoms with Crippen molar-refractivity contribution in [3.05, 3.63) is 41.3 Å². The summed E-state index contributed by atoms with van der Waals surface area (Å²) < 4.78 is 37.9. The molecule has 2 heterocycles. The highest BCUT2D eigenvalue weighted by Gasteiger charge is 2.28. The Morgan fingerprint density at radius 1 is 1.19 bits per heavy atom. The SMILES string of the molecule is CN(CCCNC(=O)c1ccc(-c2nc3ccccc3s2)s1)CC(F)(F)F. The molecule has 1 N–H and O–H groups in total. The van der Waals surface area contributed by atoms with Crippen molar-refractivity contribution in [3.63, 3.8) is 0 Å². The second-order valence-corrected chi connectivity index (χ2v) is 8.23. The van der Waals surface area contributed by atoms with E-state index in [1.807, 2.05) is 30.3 Å². The summed E-state index contributed by atoms with van der Waals surface area (Å²) in [6, 6.07) is 11.5. The number of aromatic nitrogens is 1. The molecule has 1 aromatic carbocycles. The van der Waals surface area contributed by atoms with Gasteiger partial charge in [-0.15, -0.1) is 22.7 Å². The maximum Gasteiger partial charge on any atom is 0.401 e. The Bertz CT molecular complexity index is 887. The molecule has 0 aliphatic carbocycles. The second kappa shape index (κ2) is 8.37. The molecule has 3 aromatic rings. The van der Waals surface area contributed by atoms with Gasteiger partial charge in [-0.3, -0.25) is 9.69 Å². The van der Waals surface area contributed by atoms with Crippen LogP contribution in [0.2, 0.25) is 0 Å². The lowest BCUT2D eigenvalue weighted by Gasteiger charge is -2.18. The third kappa shape index (κ3) is 5.50. The largest absolute Gasteiger partial charge is 0.401 e. The minimum Gasteiger partial charge on any atom is -0.351 e. The number of hydrogen-bond donors (Lipinski definition) is 1. The van der Waals surface area contributed by atoms with Crippen molar-refractivity contribution in [3.8, 4) is 9.88 Å². The Labute approximate surface area is 162 Å². The molecule has 0 spiro atoms. The molecular formula is C18H18F3N3OS2. The van der Waals surface area contributed by atoms with Gasteiger partial charge in [0.1, 0.15) is 5.01 Å². The van der Waals surface area contributed by atoms with E-state index in [-0.39, 0.29) is 12.5 Å². The van der Waals surface area contributed by atoms with Crippen LogP contribution in [0.1, 0.15) is 16.1 Å². The minimum atomic E-state index is -4.20. The summed E-state index contributed by atoms with van der Waals surface area (Å²) in [5, 5.41) is 3.62. The number of para-hydroxylation sites is 1. The van der Waals surface area contributed by atoms with Crippen LogP contribution in [0.15, 0.2) is 36.4 Å². The van der Waals surface area contributed by atoms with Gasteiger partial charge in [0, 0.05) is 6.54 Å². The molecule has 0 bridgehead atoms. The van der Waals surface area contributed by atoms with Crippen LogP contribution >= 0.6 is 22.7 Å². The summed E-state index contributed by atoms with van der Waals surface area (Å²) in [4.78, 5) is 19.5. The van der Waals surface area contributed by atoms with E-state index in [0.29, 0.717) is 17.8 Å². The molecule has 0 radical (unpaired) electrons. The highest BCUT2D eigenvalue weighted by molar-refractivity contribution is 7.26. The second-order valence-electron chi connectivity index (χ2n) is 6.11. The summed E-state index contributed by atoms with van der Waals surface area (Å²) in [5.74, 6) is -0.217. The Kier molecular flexibility index (Phi) is 6.13. The molecule has 0 unspecified atom stereocenters. The first kappa shape index (κ1) is 19.8. The zero-order valence-electron chi connectivity index (χ0n) is 14.5. The minimum absolute atomic E-state index is 0.217. The van der Waals surface area contributed by atoms with Gasteiger partial charge in [-0.2, -0.15) is 13.2 Å². The first-order valence-corrected chi connectivity index (χ1v) is 9.94. The Balaban J connectivity index is 1.51. The number of benzene rings is 1. The number of nitrogens with zero attached hydrogens (tertiary/aromatic N) is 2. The smallest absolute Gasteiger partial charge is 0.351 e. The Morgan fingerprint density at radius 2 is 1.96 bits per heavy atom. The number of hydrogen-bond acceptors (Lipinski definition) is 5. The molecule has 0 saturated heterocycles. The van der Waals surface area contributed by atoms with E-state index in [9.17, 15) is 18.0 Å². The number of rotatable bonds is 7. The van der Waals surface area contributed by atoms with E-state index < -0.39 is 12.7 Å². The van der Waals surface area contributed by atoms with Gasteiger partial charge in [0.25, 0.3) is 5.91 Å². The van der Waals surface area contributed by atoms with Crippen molar-refractivity contribution in [2.45, 2.75) is 12.6 Å². The third-order valence-corrected chi connectivity index (χ3v) is 6.08. The van der Waals surface area contributed by atoms with Crippen LogP contribution in [-0.2, 0) is 0 Å². The van der Waals surface area contributed by atoms with Crippen LogP contribution in [0.3, 0.4) is 0 Å². The van der Waals surface area contributed by atoms with E-state index in [4.69, 9.17) is 0 Å². The van der Waals surface area contributed by atoms with Gasteiger partial charge in [-0.05, 0) is 44.3 Å². The number of thiazole rings is 1. The van der Waals surface area contributed by atoms with Crippen LogP contribution in [0.25, 0.3) is 20.1 Å². The topological polar surface area (TPSA) is 45.2 Å². The Morgan fingerprint density at radius 3 is 2.70 bits per heavy atom. The van der Waals surface area contributed by atoms with Crippen molar-refractivity contribution < 1.29 is 18.0 Å². The predicted octanol–water partition coefficient (Wildman–Crippen LogP) is 4.64. The highest BCUT2D eigenvalue weighted by atomic mass is 32.1. The fraction of sp³-hybridized carbons (Fsp3) is 0.333. The first-order chi connectivity index (χ1) is 12.8. The number of carbonyl (C=O) groups excluding carboxylic acids is 1. The monoisotopic (exact) mass is 413 g/mol. The van der Waals surface area contributed by atoms with Crippen molar-refractivity contribution >= 4 is 38.8 Å². The van der Waals surface area contributed by atoms with Gasteiger partial charge in [-0.1, -0.05) is 12.1 Å². The number of carbonyl (C=O) groups is 1.